The van der Waals surface area contributed by atoms with E-state index in [1.165, 1.54) is 11.8 Å². The van der Waals surface area contributed by atoms with E-state index in [1.807, 2.05) is 0 Å². The van der Waals surface area contributed by atoms with E-state index in [1.54, 1.807) is 0 Å². The minimum Gasteiger partial charge on any atom is -0.330 e. The van der Waals surface area contributed by atoms with Gasteiger partial charge in [0.2, 0.25) is 5.82 Å². The van der Waals surface area contributed by atoms with Crippen LogP contribution in [0.2, 0.25) is 0 Å². The van der Waals surface area contributed by atoms with Crippen molar-refractivity contribution in [3.05, 3.63) is 38.8 Å². The van der Waals surface area contributed by atoms with Gasteiger partial charge in [-0.05, 0) is 32.3 Å². The first-order valence-electron chi connectivity index (χ1n) is 6.42. The van der Waals surface area contributed by atoms with Crippen LogP contribution in [0.15, 0.2) is 35.6 Å². The molecular formula is C12H8BrF2N5O3S. The molecule has 0 saturated carbocycles. The van der Waals surface area contributed by atoms with Gasteiger partial charge in [0, 0.05) is 18.4 Å². The highest BCUT2D eigenvalue weighted by Gasteiger charge is 2.25. The van der Waals surface area contributed by atoms with Crippen molar-refractivity contribution in [2.24, 2.45) is 5.73 Å². The third-order valence-corrected chi connectivity index (χ3v) is 4.45. The minimum absolute atomic E-state index is 0.0334. The van der Waals surface area contributed by atoms with Crippen molar-refractivity contribution < 1.29 is 17.9 Å². The van der Waals surface area contributed by atoms with Crippen LogP contribution < -0.4 is 11.5 Å². The van der Waals surface area contributed by atoms with E-state index in [0.717, 1.165) is 10.6 Å². The molecule has 3 aromatic rings. The summed E-state index contributed by atoms with van der Waals surface area (Å²) in [6.45, 7) is 0.377. The smallest absolute Gasteiger partial charge is 0.330 e. The Hall–Kier alpha value is -2.05. The number of aromatic nitrogens is 4. The van der Waals surface area contributed by atoms with Crippen molar-refractivity contribution in [2.45, 2.75) is 5.03 Å². The van der Waals surface area contributed by atoms with Gasteiger partial charge < -0.3 is 5.73 Å². The zero-order chi connectivity index (χ0) is 17.3. The van der Waals surface area contributed by atoms with E-state index in [2.05, 4.69) is 40.6 Å². The fourth-order valence-corrected chi connectivity index (χ4v) is 2.86. The third kappa shape index (κ3) is 2.99. The van der Waals surface area contributed by atoms with Crippen LogP contribution in [-0.4, -0.2) is 32.3 Å². The average Bonchev–Trinajstić information content (AvgIpc) is 3.15. The van der Waals surface area contributed by atoms with E-state index in [9.17, 15) is 13.6 Å². The molecule has 12 heteroatoms. The molecule has 1 aromatic carbocycles. The molecule has 0 amide bonds. The van der Waals surface area contributed by atoms with E-state index < -0.39 is 17.4 Å². The number of benzene rings is 1. The first kappa shape index (κ1) is 16.8. The lowest BCUT2D eigenvalue weighted by Gasteiger charge is -2.06. The highest BCUT2D eigenvalue weighted by molar-refractivity contribution is 9.10. The summed E-state index contributed by atoms with van der Waals surface area (Å²) in [5.74, 6) is -2.38. The Labute approximate surface area is 145 Å². The summed E-state index contributed by atoms with van der Waals surface area (Å²) in [5, 5.41) is 11.3. The van der Waals surface area contributed by atoms with Crippen molar-refractivity contribution in [1.29, 1.82) is 0 Å². The zero-order valence-corrected chi connectivity index (χ0v) is 14.1. The Bertz CT molecular complexity index is 941. The van der Waals surface area contributed by atoms with Crippen LogP contribution in [0.5, 0.6) is 0 Å². The first-order chi connectivity index (χ1) is 11.5. The van der Waals surface area contributed by atoms with Gasteiger partial charge in [0.1, 0.15) is 11.6 Å². The van der Waals surface area contributed by atoms with Gasteiger partial charge >= 0.3 is 5.76 Å². The normalized spacial score (nSPS) is 11.2. The Balaban J connectivity index is 2.16. The molecule has 126 valence electrons. The number of nitrogens with zero attached hydrogens (tertiary/aromatic N) is 4. The number of nitrogens with two attached hydrogens (primary N) is 1. The Morgan fingerprint density at radius 2 is 2.04 bits per heavy atom. The van der Waals surface area contributed by atoms with Gasteiger partial charge in [-0.3, -0.25) is 4.52 Å². The number of rotatable bonds is 5. The second kappa shape index (κ2) is 6.83. The fraction of sp³-hybridized carbons (Fsp3) is 0.167. The lowest BCUT2D eigenvalue weighted by atomic mass is 10.3. The fourth-order valence-electron chi connectivity index (χ4n) is 1.86. The first-order valence-corrected chi connectivity index (χ1v) is 8.20. The summed E-state index contributed by atoms with van der Waals surface area (Å²) in [4.78, 5) is 12.0. The van der Waals surface area contributed by atoms with Gasteiger partial charge in [-0.2, -0.15) is 0 Å². The van der Waals surface area contributed by atoms with Crippen molar-refractivity contribution in [1.82, 2.24) is 20.0 Å². The lowest BCUT2D eigenvalue weighted by Crippen LogP contribution is -2.15. The van der Waals surface area contributed by atoms with E-state index in [4.69, 9.17) is 5.73 Å². The maximum Gasteiger partial charge on any atom is 0.446 e. The molecular weight excluding hydrogens is 412 g/mol. The largest absolute Gasteiger partial charge is 0.446 e. The van der Waals surface area contributed by atoms with Crippen molar-refractivity contribution in [2.75, 3.05) is 12.3 Å². The molecule has 0 aliphatic heterocycles. The van der Waals surface area contributed by atoms with Crippen LogP contribution in [-0.2, 0) is 0 Å². The van der Waals surface area contributed by atoms with Gasteiger partial charge in [0.05, 0.1) is 10.2 Å². The molecule has 0 unspecified atom stereocenters. The Morgan fingerprint density at radius 3 is 2.79 bits per heavy atom. The van der Waals surface area contributed by atoms with Gasteiger partial charge in [0.15, 0.2) is 10.7 Å². The molecule has 0 aliphatic rings. The van der Waals surface area contributed by atoms with Gasteiger partial charge in [-0.1, -0.05) is 16.9 Å². The predicted molar refractivity (Wildman–Crippen MR) is 82.8 cm³/mol. The molecule has 2 N–H and O–H groups in total. The van der Waals surface area contributed by atoms with Crippen LogP contribution in [0.1, 0.15) is 0 Å². The van der Waals surface area contributed by atoms with Crippen LogP contribution in [0.25, 0.3) is 17.2 Å². The topological polar surface area (TPSA) is 113 Å². The van der Waals surface area contributed by atoms with Crippen molar-refractivity contribution in [3.63, 3.8) is 0 Å². The van der Waals surface area contributed by atoms with Gasteiger partial charge in [-0.25, -0.2) is 22.8 Å². The maximum atomic E-state index is 14.1. The maximum absolute atomic E-state index is 14.1. The van der Waals surface area contributed by atoms with Gasteiger partial charge in [-0.15, -0.1) is 0 Å². The van der Waals surface area contributed by atoms with E-state index in [0.29, 0.717) is 23.4 Å². The number of hydrogen-bond donors (Lipinski definition) is 1. The quantitative estimate of drug-likeness (QED) is 0.493. The summed E-state index contributed by atoms with van der Waals surface area (Å²) in [6.07, 6.45) is 0. The molecule has 0 aliphatic carbocycles. The molecule has 24 heavy (non-hydrogen) atoms. The molecule has 3 rings (SSSR count). The lowest BCUT2D eigenvalue weighted by molar-refractivity contribution is 0.299. The van der Waals surface area contributed by atoms with E-state index >= 15 is 0 Å². The summed E-state index contributed by atoms with van der Waals surface area (Å²) in [5.41, 5.74) is 5.25. The molecule has 0 fully saturated rings. The number of thioether (sulfide) groups is 1. The molecule has 0 saturated heterocycles. The summed E-state index contributed by atoms with van der Waals surface area (Å²) < 4.78 is 37.6. The Kier molecular flexibility index (Phi) is 4.78. The summed E-state index contributed by atoms with van der Waals surface area (Å²) >= 11 is 4.16. The molecule has 0 bridgehead atoms. The van der Waals surface area contributed by atoms with Crippen LogP contribution in [0, 0.1) is 11.6 Å². The zero-order valence-electron chi connectivity index (χ0n) is 11.7. The summed E-state index contributed by atoms with van der Waals surface area (Å²) in [7, 11) is 0. The SMILES string of the molecule is NCCSc1nonc1-c1noc(=O)n1-c1cc(Br)c(F)cc1F. The molecule has 2 heterocycles. The standard InChI is InChI=1S/C12H8BrF2N5O3S/c13-5-3-8(7(15)4-6(5)14)20-10(18-22-12(20)21)9-11(19-23-17-9)24-2-1-16/h3-4H,1-2,16H2. The molecule has 2 aromatic heterocycles. The van der Waals surface area contributed by atoms with Crippen molar-refractivity contribution in [3.8, 4) is 17.2 Å². The van der Waals surface area contributed by atoms with Crippen LogP contribution in [0.3, 0.4) is 0 Å². The molecule has 0 spiro atoms. The second-order valence-corrected chi connectivity index (χ2v) is 6.32. The number of hydrogen-bond acceptors (Lipinski definition) is 8. The third-order valence-electron chi connectivity index (χ3n) is 2.86. The van der Waals surface area contributed by atoms with Crippen molar-refractivity contribution >= 4 is 27.7 Å². The van der Waals surface area contributed by atoms with Crippen LogP contribution in [0.4, 0.5) is 8.78 Å². The second-order valence-electron chi connectivity index (χ2n) is 4.38. The highest BCUT2D eigenvalue weighted by Crippen LogP contribution is 2.29. The Morgan fingerprint density at radius 1 is 1.25 bits per heavy atom. The number of halogens is 3. The highest BCUT2D eigenvalue weighted by atomic mass is 79.9. The molecule has 0 radical (unpaired) electrons. The average molecular weight is 420 g/mol. The monoisotopic (exact) mass is 419 g/mol. The van der Waals surface area contributed by atoms with E-state index in [-0.39, 0.29) is 21.7 Å². The van der Waals surface area contributed by atoms with Crippen LogP contribution >= 0.6 is 27.7 Å². The minimum atomic E-state index is -0.977. The van der Waals surface area contributed by atoms with Gasteiger partial charge in [0.25, 0.3) is 0 Å². The predicted octanol–water partition coefficient (Wildman–Crippen LogP) is 1.97. The summed E-state index contributed by atoms with van der Waals surface area (Å²) in [6, 6.07) is 1.72. The molecule has 8 nitrogen and oxygen atoms in total. The molecule has 0 atom stereocenters.